The Labute approximate surface area is 114 Å². The molecule has 0 amide bonds. The number of non-ortho nitro benzene ring substituents is 1. The van der Waals surface area contributed by atoms with Gasteiger partial charge in [-0.05, 0) is 18.9 Å². The maximum absolute atomic E-state index is 10.8. The van der Waals surface area contributed by atoms with Gasteiger partial charge < -0.3 is 10.5 Å². The molecule has 3 rings (SSSR count). The summed E-state index contributed by atoms with van der Waals surface area (Å²) in [5.41, 5.74) is 7.26. The molecule has 1 heterocycles. The molecule has 1 aliphatic carbocycles. The Balaban J connectivity index is 2.12. The van der Waals surface area contributed by atoms with Crippen molar-refractivity contribution in [1.29, 1.82) is 0 Å². The van der Waals surface area contributed by atoms with Gasteiger partial charge in [-0.15, -0.1) is 5.10 Å². The second kappa shape index (κ2) is 4.48. The van der Waals surface area contributed by atoms with E-state index >= 15 is 0 Å². The highest BCUT2D eigenvalue weighted by atomic mass is 16.6. The van der Waals surface area contributed by atoms with Crippen LogP contribution in [0.5, 0.6) is 5.75 Å². The third-order valence-electron chi connectivity index (χ3n) is 3.30. The summed E-state index contributed by atoms with van der Waals surface area (Å²) < 4.78 is 6.83. The van der Waals surface area contributed by atoms with E-state index < -0.39 is 4.92 Å². The predicted octanol–water partition coefficient (Wildman–Crippen LogP) is 1.64. The van der Waals surface area contributed by atoms with E-state index in [1.807, 2.05) is 0 Å². The minimum Gasteiger partial charge on any atom is -0.494 e. The van der Waals surface area contributed by atoms with E-state index in [0.717, 1.165) is 18.5 Å². The predicted molar refractivity (Wildman–Crippen MR) is 71.0 cm³/mol. The zero-order valence-corrected chi connectivity index (χ0v) is 10.8. The lowest BCUT2D eigenvalue weighted by Gasteiger charge is -2.10. The molecule has 0 spiro atoms. The maximum Gasteiger partial charge on any atom is 0.273 e. The number of methoxy groups -OCH3 is 1. The van der Waals surface area contributed by atoms with Gasteiger partial charge in [0.05, 0.1) is 23.8 Å². The van der Waals surface area contributed by atoms with Crippen LogP contribution in [0.15, 0.2) is 18.2 Å². The number of hydrogen-bond donors (Lipinski definition) is 1. The fourth-order valence-corrected chi connectivity index (χ4v) is 2.17. The lowest BCUT2D eigenvalue weighted by atomic mass is 10.2. The van der Waals surface area contributed by atoms with Crippen molar-refractivity contribution in [2.24, 2.45) is 0 Å². The third kappa shape index (κ3) is 1.94. The van der Waals surface area contributed by atoms with Crippen LogP contribution in [-0.2, 0) is 0 Å². The molecule has 0 bridgehead atoms. The van der Waals surface area contributed by atoms with Crippen LogP contribution in [0.25, 0.3) is 5.69 Å². The van der Waals surface area contributed by atoms with Gasteiger partial charge in [0.2, 0.25) is 0 Å². The Morgan fingerprint density at radius 3 is 2.85 bits per heavy atom. The topological polar surface area (TPSA) is 109 Å². The van der Waals surface area contributed by atoms with Crippen LogP contribution < -0.4 is 10.5 Å². The second-order valence-electron chi connectivity index (χ2n) is 4.66. The number of nitrogens with zero attached hydrogens (tertiary/aromatic N) is 4. The number of ether oxygens (including phenoxy) is 1. The third-order valence-corrected chi connectivity index (χ3v) is 3.30. The van der Waals surface area contributed by atoms with Gasteiger partial charge in [0.15, 0.2) is 11.6 Å². The van der Waals surface area contributed by atoms with E-state index in [-0.39, 0.29) is 5.69 Å². The summed E-state index contributed by atoms with van der Waals surface area (Å²) in [6.45, 7) is 0. The highest BCUT2D eigenvalue weighted by Gasteiger charge is 2.32. The highest BCUT2D eigenvalue weighted by molar-refractivity contribution is 5.55. The molecule has 1 saturated carbocycles. The minimum absolute atomic E-state index is 0.0355. The summed E-state index contributed by atoms with van der Waals surface area (Å²) in [7, 11) is 1.46. The summed E-state index contributed by atoms with van der Waals surface area (Å²) >= 11 is 0. The molecule has 0 radical (unpaired) electrons. The lowest BCUT2D eigenvalue weighted by molar-refractivity contribution is -0.384. The van der Waals surface area contributed by atoms with Crippen molar-refractivity contribution in [2.75, 3.05) is 12.8 Å². The van der Waals surface area contributed by atoms with Gasteiger partial charge in [-0.3, -0.25) is 10.1 Å². The summed E-state index contributed by atoms with van der Waals surface area (Å²) in [6, 6.07) is 4.37. The van der Waals surface area contributed by atoms with Gasteiger partial charge in [-0.1, -0.05) is 5.21 Å². The molecule has 1 aliphatic rings. The van der Waals surface area contributed by atoms with Crippen molar-refractivity contribution in [3.05, 3.63) is 34.0 Å². The number of anilines is 1. The molecule has 1 fully saturated rings. The van der Waals surface area contributed by atoms with Crippen LogP contribution in [0.2, 0.25) is 0 Å². The monoisotopic (exact) mass is 275 g/mol. The first kappa shape index (κ1) is 12.4. The van der Waals surface area contributed by atoms with Gasteiger partial charge in [0.1, 0.15) is 5.69 Å². The van der Waals surface area contributed by atoms with Gasteiger partial charge in [-0.25, -0.2) is 4.68 Å². The number of nitro groups is 1. The van der Waals surface area contributed by atoms with Crippen molar-refractivity contribution >= 4 is 11.5 Å². The zero-order valence-electron chi connectivity index (χ0n) is 10.8. The normalized spacial score (nSPS) is 14.2. The van der Waals surface area contributed by atoms with Crippen LogP contribution in [-0.4, -0.2) is 27.0 Å². The highest BCUT2D eigenvalue weighted by Crippen LogP contribution is 2.43. The first-order valence-corrected chi connectivity index (χ1v) is 6.15. The van der Waals surface area contributed by atoms with Crippen molar-refractivity contribution in [3.8, 4) is 11.4 Å². The first-order valence-electron chi connectivity index (χ1n) is 6.15. The van der Waals surface area contributed by atoms with E-state index in [1.165, 1.54) is 19.2 Å². The molecule has 1 aromatic heterocycles. The Bertz CT molecular complexity index is 678. The van der Waals surface area contributed by atoms with E-state index in [4.69, 9.17) is 10.5 Å². The van der Waals surface area contributed by atoms with Crippen LogP contribution in [0.1, 0.15) is 24.5 Å². The van der Waals surface area contributed by atoms with Crippen molar-refractivity contribution in [1.82, 2.24) is 15.0 Å². The van der Waals surface area contributed by atoms with Crippen LogP contribution in [0.4, 0.5) is 11.5 Å². The molecule has 0 atom stereocenters. The van der Waals surface area contributed by atoms with Crippen molar-refractivity contribution < 1.29 is 9.66 Å². The molecule has 2 aromatic rings. The number of nitrogens with two attached hydrogens (primary N) is 1. The van der Waals surface area contributed by atoms with Crippen LogP contribution in [0, 0.1) is 10.1 Å². The first-order chi connectivity index (χ1) is 9.61. The number of nitro benzene ring substituents is 1. The minimum atomic E-state index is -0.468. The number of aromatic nitrogens is 3. The quantitative estimate of drug-likeness (QED) is 0.671. The molecule has 8 heteroatoms. The average Bonchev–Trinajstić information content (AvgIpc) is 3.21. The molecule has 2 N–H and O–H groups in total. The van der Waals surface area contributed by atoms with E-state index in [1.54, 1.807) is 10.7 Å². The SMILES string of the molecule is COc1cc([N+](=O)[O-])ccc1-n1nnc(N)c1C1CC1. The summed E-state index contributed by atoms with van der Waals surface area (Å²) in [5.74, 6) is 1.11. The summed E-state index contributed by atoms with van der Waals surface area (Å²) in [6.07, 6.45) is 2.10. The average molecular weight is 275 g/mol. The molecule has 1 aromatic carbocycles. The van der Waals surface area contributed by atoms with Crippen molar-refractivity contribution in [3.63, 3.8) is 0 Å². The number of nitrogen functional groups attached to an aromatic ring is 1. The maximum atomic E-state index is 10.8. The fraction of sp³-hybridized carbons (Fsp3) is 0.333. The van der Waals surface area contributed by atoms with Crippen LogP contribution in [0.3, 0.4) is 0 Å². The van der Waals surface area contributed by atoms with E-state index in [2.05, 4.69) is 10.3 Å². The Hall–Kier alpha value is -2.64. The smallest absolute Gasteiger partial charge is 0.273 e. The molecular formula is C12H13N5O3. The Morgan fingerprint density at radius 2 is 2.25 bits per heavy atom. The number of hydrogen-bond acceptors (Lipinski definition) is 6. The number of rotatable bonds is 4. The summed E-state index contributed by atoms with van der Waals surface area (Å²) in [4.78, 5) is 10.3. The summed E-state index contributed by atoms with van der Waals surface area (Å²) in [5, 5.41) is 18.7. The fourth-order valence-electron chi connectivity index (χ4n) is 2.17. The van der Waals surface area contributed by atoms with E-state index in [0.29, 0.717) is 23.2 Å². The molecule has 104 valence electrons. The van der Waals surface area contributed by atoms with Crippen molar-refractivity contribution in [2.45, 2.75) is 18.8 Å². The Morgan fingerprint density at radius 1 is 1.50 bits per heavy atom. The van der Waals surface area contributed by atoms with Gasteiger partial charge in [-0.2, -0.15) is 0 Å². The van der Waals surface area contributed by atoms with Gasteiger partial charge in [0.25, 0.3) is 5.69 Å². The second-order valence-corrected chi connectivity index (χ2v) is 4.66. The Kier molecular flexibility index (Phi) is 2.78. The molecule has 20 heavy (non-hydrogen) atoms. The standard InChI is InChI=1S/C12H13N5O3/c1-20-10-6-8(17(18)19)4-5-9(10)16-11(7-2-3-7)12(13)14-15-16/h4-7H,2-3,13H2,1H3. The molecule has 0 unspecified atom stereocenters. The van der Waals surface area contributed by atoms with Crippen LogP contribution >= 0.6 is 0 Å². The molecule has 8 nitrogen and oxygen atoms in total. The van der Waals surface area contributed by atoms with Gasteiger partial charge >= 0.3 is 0 Å². The molecule has 0 aliphatic heterocycles. The largest absolute Gasteiger partial charge is 0.494 e. The van der Waals surface area contributed by atoms with E-state index in [9.17, 15) is 10.1 Å². The number of benzene rings is 1. The zero-order chi connectivity index (χ0) is 14.3. The lowest BCUT2D eigenvalue weighted by Crippen LogP contribution is -2.05. The molecular weight excluding hydrogens is 262 g/mol. The molecule has 0 saturated heterocycles. The van der Waals surface area contributed by atoms with Gasteiger partial charge in [0, 0.05) is 12.0 Å².